The monoisotopic (exact) mass is 389 g/mol. The zero-order valence-electron chi connectivity index (χ0n) is 16.4. The molecule has 2 rings (SSSR count). The molecular weight excluding hydrogens is 361 g/mol. The van der Waals surface area contributed by atoms with Crippen molar-refractivity contribution in [3.8, 4) is 11.5 Å². The summed E-state index contributed by atoms with van der Waals surface area (Å²) in [5.74, 6) is 1.04. The molecule has 2 aromatic rings. The van der Waals surface area contributed by atoms with Crippen molar-refractivity contribution in [1.29, 1.82) is 0 Å². The van der Waals surface area contributed by atoms with E-state index in [4.69, 9.17) is 14.2 Å². The predicted octanol–water partition coefficient (Wildman–Crippen LogP) is 3.41. The van der Waals surface area contributed by atoms with E-state index in [1.165, 1.54) is 12.1 Å². The zero-order valence-corrected chi connectivity index (χ0v) is 16.4. The topological polar surface area (TPSA) is 51.2 Å². The molecule has 1 N–H and O–H groups in total. The van der Waals surface area contributed by atoms with Gasteiger partial charge in [0, 0.05) is 19.6 Å². The van der Waals surface area contributed by atoms with Gasteiger partial charge in [-0.3, -0.25) is 4.90 Å². The largest absolute Gasteiger partial charge is 0.493 e. The van der Waals surface area contributed by atoms with Crippen molar-refractivity contribution in [1.82, 2.24) is 4.90 Å². The summed E-state index contributed by atoms with van der Waals surface area (Å²) in [4.78, 5) is 2.08. The van der Waals surface area contributed by atoms with E-state index in [9.17, 15) is 9.50 Å². The van der Waals surface area contributed by atoms with Gasteiger partial charge in [0.05, 0.1) is 33.5 Å². The van der Waals surface area contributed by atoms with E-state index in [1.807, 2.05) is 18.2 Å². The van der Waals surface area contributed by atoms with E-state index in [0.29, 0.717) is 37.7 Å². The Morgan fingerprint density at radius 2 is 1.68 bits per heavy atom. The molecule has 0 aliphatic rings. The van der Waals surface area contributed by atoms with Crippen LogP contribution in [-0.2, 0) is 17.8 Å². The number of hydrogen-bond donors (Lipinski definition) is 1. The lowest BCUT2D eigenvalue weighted by atomic mass is 10.1. The molecule has 152 valence electrons. The van der Waals surface area contributed by atoms with E-state index in [0.717, 1.165) is 11.1 Å². The molecule has 0 spiro atoms. The minimum absolute atomic E-state index is 0.220. The second-order valence-electron chi connectivity index (χ2n) is 6.47. The van der Waals surface area contributed by atoms with Crippen LogP contribution >= 0.6 is 0 Å². The molecule has 0 bridgehead atoms. The highest BCUT2D eigenvalue weighted by atomic mass is 19.1. The van der Waals surface area contributed by atoms with E-state index in [-0.39, 0.29) is 12.4 Å². The van der Waals surface area contributed by atoms with Gasteiger partial charge in [-0.05, 0) is 35.4 Å². The molecule has 0 saturated carbocycles. The highest BCUT2D eigenvalue weighted by molar-refractivity contribution is 5.42. The van der Waals surface area contributed by atoms with Crippen molar-refractivity contribution >= 4 is 0 Å². The van der Waals surface area contributed by atoms with Gasteiger partial charge in [-0.15, -0.1) is 6.58 Å². The maximum atomic E-state index is 13.2. The fourth-order valence-corrected chi connectivity index (χ4v) is 2.91. The van der Waals surface area contributed by atoms with Gasteiger partial charge in [-0.2, -0.15) is 0 Å². The van der Waals surface area contributed by atoms with Crippen molar-refractivity contribution in [2.45, 2.75) is 19.2 Å². The second-order valence-corrected chi connectivity index (χ2v) is 6.47. The first-order valence-electron chi connectivity index (χ1n) is 9.10. The van der Waals surface area contributed by atoms with Crippen LogP contribution < -0.4 is 9.47 Å². The Balaban J connectivity index is 2.12. The number of aliphatic hydroxyl groups is 1. The zero-order chi connectivity index (χ0) is 20.4. The lowest BCUT2D eigenvalue weighted by Gasteiger charge is -2.25. The van der Waals surface area contributed by atoms with E-state index >= 15 is 0 Å². The second kappa shape index (κ2) is 11.4. The van der Waals surface area contributed by atoms with Crippen molar-refractivity contribution in [3.05, 3.63) is 72.1 Å². The number of halogens is 1. The van der Waals surface area contributed by atoms with Gasteiger partial charge in [0.1, 0.15) is 5.82 Å². The van der Waals surface area contributed by atoms with Gasteiger partial charge >= 0.3 is 0 Å². The summed E-state index contributed by atoms with van der Waals surface area (Å²) in [5.41, 5.74) is 1.97. The van der Waals surface area contributed by atoms with Crippen LogP contribution in [0.5, 0.6) is 11.5 Å². The molecule has 28 heavy (non-hydrogen) atoms. The van der Waals surface area contributed by atoms with Gasteiger partial charge in [0.25, 0.3) is 0 Å². The first-order chi connectivity index (χ1) is 13.5. The molecule has 0 aromatic heterocycles. The summed E-state index contributed by atoms with van der Waals surface area (Å²) in [6.45, 7) is 5.76. The average molecular weight is 389 g/mol. The third-order valence-electron chi connectivity index (χ3n) is 4.19. The van der Waals surface area contributed by atoms with E-state index in [2.05, 4.69) is 11.5 Å². The fourth-order valence-electron chi connectivity index (χ4n) is 2.91. The Morgan fingerprint density at radius 1 is 1.04 bits per heavy atom. The molecule has 0 aliphatic heterocycles. The highest BCUT2D eigenvalue weighted by Gasteiger charge is 2.15. The Bertz CT molecular complexity index is 736. The number of nitrogens with zero attached hydrogens (tertiary/aromatic N) is 1. The molecule has 0 radical (unpaired) electrons. The SMILES string of the molecule is C=CCOC[C@@H](O)CN(Cc1ccc(F)cc1)Cc1ccc(OC)c(OC)c1. The minimum atomic E-state index is -0.652. The number of methoxy groups -OCH3 is 2. The number of rotatable bonds is 12. The van der Waals surface area contributed by atoms with Crippen LogP contribution in [0.4, 0.5) is 4.39 Å². The van der Waals surface area contributed by atoms with E-state index < -0.39 is 6.10 Å². The molecule has 0 amide bonds. The molecule has 0 fully saturated rings. The number of hydrogen-bond acceptors (Lipinski definition) is 5. The number of ether oxygens (including phenoxy) is 3. The van der Waals surface area contributed by atoms with Crippen LogP contribution in [0.3, 0.4) is 0 Å². The van der Waals surface area contributed by atoms with Gasteiger partial charge in [0.2, 0.25) is 0 Å². The minimum Gasteiger partial charge on any atom is -0.493 e. The first-order valence-corrected chi connectivity index (χ1v) is 9.10. The number of benzene rings is 2. The van der Waals surface area contributed by atoms with Crippen molar-refractivity contribution in [3.63, 3.8) is 0 Å². The maximum Gasteiger partial charge on any atom is 0.161 e. The van der Waals surface area contributed by atoms with Gasteiger partial charge in [-0.1, -0.05) is 24.3 Å². The predicted molar refractivity (Wildman–Crippen MR) is 107 cm³/mol. The summed E-state index contributed by atoms with van der Waals surface area (Å²) in [7, 11) is 3.19. The van der Waals surface area contributed by atoms with Crippen molar-refractivity contribution in [2.75, 3.05) is 34.0 Å². The third kappa shape index (κ3) is 6.96. The fraction of sp³-hybridized carbons (Fsp3) is 0.364. The Kier molecular flexibility index (Phi) is 8.94. The third-order valence-corrected chi connectivity index (χ3v) is 4.19. The number of aliphatic hydroxyl groups excluding tert-OH is 1. The highest BCUT2D eigenvalue weighted by Crippen LogP contribution is 2.28. The average Bonchev–Trinajstić information content (AvgIpc) is 2.69. The summed E-state index contributed by atoms with van der Waals surface area (Å²) in [5, 5.41) is 10.3. The van der Waals surface area contributed by atoms with Crippen LogP contribution in [0.25, 0.3) is 0 Å². The first kappa shape index (κ1) is 21.9. The van der Waals surface area contributed by atoms with Gasteiger partial charge < -0.3 is 19.3 Å². The molecular formula is C22H28FNO4. The van der Waals surface area contributed by atoms with E-state index in [1.54, 1.807) is 32.4 Å². The van der Waals surface area contributed by atoms with Crippen molar-refractivity contribution in [2.24, 2.45) is 0 Å². The van der Waals surface area contributed by atoms with Gasteiger partial charge in [-0.25, -0.2) is 4.39 Å². The Morgan fingerprint density at radius 3 is 2.32 bits per heavy atom. The Hall–Kier alpha value is -2.41. The summed E-state index contributed by atoms with van der Waals surface area (Å²) >= 11 is 0. The lowest BCUT2D eigenvalue weighted by molar-refractivity contribution is 0.0228. The van der Waals surface area contributed by atoms with Crippen LogP contribution in [-0.4, -0.2) is 50.1 Å². The molecule has 0 unspecified atom stereocenters. The van der Waals surface area contributed by atoms with Gasteiger partial charge in [0.15, 0.2) is 11.5 Å². The summed E-state index contributed by atoms with van der Waals surface area (Å²) < 4.78 is 29.2. The normalized spacial score (nSPS) is 12.0. The molecule has 5 nitrogen and oxygen atoms in total. The van der Waals surface area contributed by atoms with Crippen LogP contribution in [0.2, 0.25) is 0 Å². The molecule has 6 heteroatoms. The summed E-state index contributed by atoms with van der Waals surface area (Å²) in [6, 6.07) is 12.1. The van der Waals surface area contributed by atoms with Crippen LogP contribution in [0.1, 0.15) is 11.1 Å². The maximum absolute atomic E-state index is 13.2. The molecule has 1 atom stereocenters. The molecule has 2 aromatic carbocycles. The Labute approximate surface area is 166 Å². The van der Waals surface area contributed by atoms with Crippen LogP contribution in [0, 0.1) is 5.82 Å². The molecule has 0 aliphatic carbocycles. The summed E-state index contributed by atoms with van der Waals surface area (Å²) in [6.07, 6.45) is 0.993. The van der Waals surface area contributed by atoms with Crippen molar-refractivity contribution < 1.29 is 23.7 Å². The lowest BCUT2D eigenvalue weighted by Crippen LogP contribution is -2.34. The molecule has 0 saturated heterocycles. The smallest absolute Gasteiger partial charge is 0.161 e. The quantitative estimate of drug-likeness (QED) is 0.445. The molecule has 0 heterocycles. The standard InChI is InChI=1S/C22H28FNO4/c1-4-11-28-16-20(25)15-24(13-17-5-8-19(23)9-6-17)14-18-7-10-21(26-2)22(12-18)27-3/h4-10,12,20,25H,1,11,13-16H2,2-3H3/t20-/m0/s1. The van der Waals surface area contributed by atoms with Crippen LogP contribution in [0.15, 0.2) is 55.1 Å².